The van der Waals surface area contributed by atoms with Crippen molar-refractivity contribution in [1.29, 1.82) is 0 Å². The molecular formula is C13H21BrN2O4. The quantitative estimate of drug-likeness (QED) is 0.248. The number of aryl methyl sites for hydroxylation is 1. The number of ether oxygens (including phenoxy) is 2. The second-order valence-corrected chi connectivity index (χ2v) is 4.54. The summed E-state index contributed by atoms with van der Waals surface area (Å²) in [5, 5.41) is 0. The average Bonchev–Trinajstić information content (AvgIpc) is 2.84. The van der Waals surface area contributed by atoms with Crippen molar-refractivity contribution in [2.75, 3.05) is 13.7 Å². The maximum absolute atomic E-state index is 12.2. The zero-order chi connectivity index (χ0) is 14.5. The number of hydrogen-bond donors (Lipinski definition) is 0. The van der Waals surface area contributed by atoms with E-state index in [0.29, 0.717) is 6.61 Å². The first kappa shape index (κ1) is 18.6. The van der Waals surface area contributed by atoms with E-state index >= 15 is 0 Å². The fraction of sp³-hybridized carbons (Fsp3) is 0.615. The van der Waals surface area contributed by atoms with Crippen LogP contribution >= 0.6 is 0 Å². The molecule has 20 heavy (non-hydrogen) atoms. The summed E-state index contributed by atoms with van der Waals surface area (Å²) in [7, 11) is 3.06. The fourth-order valence-corrected chi connectivity index (χ4v) is 1.66. The SMILES string of the molecule is CCCCOC(=O)[C@@](C)(C(=O)OC)n1cc[n+](C)c1.[Br-]. The second kappa shape index (κ2) is 8.04. The molecule has 0 bridgehead atoms. The highest BCUT2D eigenvalue weighted by atomic mass is 79.9. The summed E-state index contributed by atoms with van der Waals surface area (Å²) in [6, 6.07) is 0. The van der Waals surface area contributed by atoms with Gasteiger partial charge in [-0.25, -0.2) is 18.7 Å². The highest BCUT2D eigenvalue weighted by Crippen LogP contribution is 2.19. The Morgan fingerprint density at radius 1 is 1.35 bits per heavy atom. The number of esters is 2. The largest absolute Gasteiger partial charge is 1.00 e. The molecule has 0 radical (unpaired) electrons. The van der Waals surface area contributed by atoms with E-state index in [4.69, 9.17) is 9.47 Å². The monoisotopic (exact) mass is 348 g/mol. The Kier molecular flexibility index (Phi) is 7.49. The van der Waals surface area contributed by atoms with Crippen molar-refractivity contribution in [3.63, 3.8) is 0 Å². The number of aromatic nitrogens is 2. The van der Waals surface area contributed by atoms with Gasteiger partial charge in [0.1, 0.15) is 12.4 Å². The molecule has 6 nitrogen and oxygen atoms in total. The molecule has 0 aliphatic heterocycles. The van der Waals surface area contributed by atoms with Gasteiger partial charge in [0.05, 0.1) is 20.8 Å². The van der Waals surface area contributed by atoms with Crippen LogP contribution in [0.25, 0.3) is 0 Å². The van der Waals surface area contributed by atoms with Crippen LogP contribution < -0.4 is 21.5 Å². The number of hydrogen-bond acceptors (Lipinski definition) is 4. The van der Waals surface area contributed by atoms with E-state index in [2.05, 4.69) is 0 Å². The van der Waals surface area contributed by atoms with Gasteiger partial charge in [0.25, 0.3) is 0 Å². The third-order valence-corrected chi connectivity index (χ3v) is 3.00. The van der Waals surface area contributed by atoms with Crippen molar-refractivity contribution in [3.05, 3.63) is 18.7 Å². The third-order valence-electron chi connectivity index (χ3n) is 3.00. The van der Waals surface area contributed by atoms with Gasteiger partial charge in [-0.3, -0.25) is 0 Å². The smallest absolute Gasteiger partial charge is 0.366 e. The molecule has 1 rings (SSSR count). The molecule has 1 heterocycles. The van der Waals surface area contributed by atoms with E-state index in [9.17, 15) is 9.59 Å². The standard InChI is InChI=1S/C13H21N2O4.BrH/c1-5-6-9-19-12(17)13(2,11(16)18-4)15-8-7-14(3)10-15;/h7-8,10H,5-6,9H2,1-4H3;1H/q+1;/p-1/t13-;/m1./s1. The molecule has 0 spiro atoms. The molecule has 0 aromatic carbocycles. The molecule has 114 valence electrons. The lowest BCUT2D eigenvalue weighted by molar-refractivity contribution is -0.671. The summed E-state index contributed by atoms with van der Waals surface area (Å²) in [4.78, 5) is 24.2. The average molecular weight is 349 g/mol. The van der Waals surface area contributed by atoms with E-state index in [1.165, 1.54) is 18.6 Å². The highest BCUT2D eigenvalue weighted by molar-refractivity contribution is 6.01. The molecule has 0 aliphatic rings. The molecule has 0 N–H and O–H groups in total. The van der Waals surface area contributed by atoms with E-state index in [-0.39, 0.29) is 17.0 Å². The number of methoxy groups -OCH3 is 1. The zero-order valence-corrected chi connectivity index (χ0v) is 13.8. The number of nitrogens with zero attached hydrogens (tertiary/aromatic N) is 2. The van der Waals surface area contributed by atoms with Crippen LogP contribution in [0.2, 0.25) is 0 Å². The van der Waals surface area contributed by atoms with Gasteiger partial charge in [0.2, 0.25) is 6.33 Å². The lowest BCUT2D eigenvalue weighted by Gasteiger charge is -2.21. The lowest BCUT2D eigenvalue weighted by Crippen LogP contribution is -3.00. The van der Waals surface area contributed by atoms with Crippen molar-refractivity contribution in [1.82, 2.24) is 4.57 Å². The van der Waals surface area contributed by atoms with Crippen LogP contribution in [-0.2, 0) is 31.6 Å². The van der Waals surface area contributed by atoms with Crippen LogP contribution in [0.5, 0.6) is 0 Å². The van der Waals surface area contributed by atoms with Crippen molar-refractivity contribution in [2.45, 2.75) is 32.2 Å². The van der Waals surface area contributed by atoms with Gasteiger partial charge in [-0.2, -0.15) is 0 Å². The Morgan fingerprint density at radius 3 is 2.45 bits per heavy atom. The molecule has 1 aromatic rings. The topological polar surface area (TPSA) is 61.4 Å². The summed E-state index contributed by atoms with van der Waals surface area (Å²) in [6.45, 7) is 3.79. The molecule has 1 aromatic heterocycles. The van der Waals surface area contributed by atoms with Crippen molar-refractivity contribution in [2.24, 2.45) is 7.05 Å². The van der Waals surface area contributed by atoms with Crippen molar-refractivity contribution in [3.8, 4) is 0 Å². The predicted octanol–water partition coefficient (Wildman–Crippen LogP) is -2.45. The Hall–Kier alpha value is -1.37. The molecule has 1 atom stereocenters. The molecule has 0 saturated carbocycles. The Labute approximate surface area is 129 Å². The van der Waals surface area contributed by atoms with Crippen molar-refractivity contribution >= 4 is 11.9 Å². The van der Waals surface area contributed by atoms with E-state index in [0.717, 1.165) is 12.8 Å². The normalized spacial score (nSPS) is 13.0. The number of rotatable bonds is 6. The third kappa shape index (κ3) is 3.82. The molecule has 0 aliphatic carbocycles. The lowest BCUT2D eigenvalue weighted by atomic mass is 10.0. The summed E-state index contributed by atoms with van der Waals surface area (Å²) in [5.74, 6) is -1.26. The van der Waals surface area contributed by atoms with Gasteiger partial charge in [-0.05, 0) is 6.42 Å². The Morgan fingerprint density at radius 2 is 2.00 bits per heavy atom. The Balaban J connectivity index is 0.00000361. The van der Waals surface area contributed by atoms with Crippen LogP contribution in [0.4, 0.5) is 0 Å². The van der Waals surface area contributed by atoms with Gasteiger partial charge < -0.3 is 26.5 Å². The summed E-state index contributed by atoms with van der Waals surface area (Å²) < 4.78 is 13.1. The first-order chi connectivity index (χ1) is 8.96. The molecule has 0 unspecified atom stereocenters. The molecule has 0 saturated heterocycles. The molecule has 0 amide bonds. The fourth-order valence-electron chi connectivity index (χ4n) is 1.66. The number of carbonyl (C=O) groups excluding carboxylic acids is 2. The summed E-state index contributed by atoms with van der Waals surface area (Å²) in [5.41, 5.74) is -1.50. The zero-order valence-electron chi connectivity index (χ0n) is 12.3. The van der Waals surface area contributed by atoms with Gasteiger partial charge in [-0.1, -0.05) is 13.3 Å². The molecule has 7 heteroatoms. The highest BCUT2D eigenvalue weighted by Gasteiger charge is 2.50. The van der Waals surface area contributed by atoms with E-state index < -0.39 is 17.5 Å². The predicted molar refractivity (Wildman–Crippen MR) is 67.1 cm³/mol. The van der Waals surface area contributed by atoms with Gasteiger partial charge in [0.15, 0.2) is 0 Å². The van der Waals surface area contributed by atoms with Crippen LogP contribution in [0.3, 0.4) is 0 Å². The van der Waals surface area contributed by atoms with Crippen molar-refractivity contribution < 1.29 is 40.6 Å². The number of halogens is 1. The Bertz CT molecular complexity index is 461. The van der Waals surface area contributed by atoms with Gasteiger partial charge in [0, 0.05) is 6.92 Å². The van der Waals surface area contributed by atoms with Gasteiger partial charge >= 0.3 is 17.5 Å². The second-order valence-electron chi connectivity index (χ2n) is 4.54. The minimum absolute atomic E-state index is 0. The number of imidazole rings is 1. The van der Waals surface area contributed by atoms with Gasteiger partial charge in [-0.15, -0.1) is 0 Å². The summed E-state index contributed by atoms with van der Waals surface area (Å²) >= 11 is 0. The van der Waals surface area contributed by atoms with Crippen LogP contribution in [0.15, 0.2) is 18.7 Å². The minimum atomic E-state index is -1.50. The first-order valence-electron chi connectivity index (χ1n) is 6.26. The first-order valence-corrected chi connectivity index (χ1v) is 6.26. The van der Waals surface area contributed by atoms with Crippen LogP contribution in [0, 0.1) is 0 Å². The van der Waals surface area contributed by atoms with E-state index in [1.54, 1.807) is 30.3 Å². The molecular weight excluding hydrogens is 328 g/mol. The summed E-state index contributed by atoms with van der Waals surface area (Å²) in [6.07, 6.45) is 6.69. The number of unbranched alkanes of at least 4 members (excludes halogenated alkanes) is 1. The van der Waals surface area contributed by atoms with Crippen LogP contribution in [0.1, 0.15) is 26.7 Å². The van der Waals surface area contributed by atoms with E-state index in [1.807, 2.05) is 6.92 Å². The van der Waals surface area contributed by atoms with Crippen LogP contribution in [-0.4, -0.2) is 30.2 Å². The minimum Gasteiger partial charge on any atom is -1.00 e. The maximum atomic E-state index is 12.2. The molecule has 0 fully saturated rings. The number of carbonyl (C=O) groups is 2. The maximum Gasteiger partial charge on any atom is 0.366 e.